The van der Waals surface area contributed by atoms with Gasteiger partial charge in [0.15, 0.2) is 0 Å². The molecule has 0 bridgehead atoms. The van der Waals surface area contributed by atoms with Gasteiger partial charge in [-0.15, -0.1) is 0 Å². The number of anilines is 1. The van der Waals surface area contributed by atoms with Gasteiger partial charge in [0, 0.05) is 43.8 Å². The predicted octanol–water partition coefficient (Wildman–Crippen LogP) is 3.82. The maximum absolute atomic E-state index is 12.7. The van der Waals surface area contributed by atoms with Crippen molar-refractivity contribution in [1.82, 2.24) is 14.5 Å². The van der Waals surface area contributed by atoms with E-state index < -0.39 is 15.9 Å². The Hall–Kier alpha value is -3.04. The highest BCUT2D eigenvalue weighted by Gasteiger charge is 2.22. The van der Waals surface area contributed by atoms with Crippen LogP contribution in [-0.4, -0.2) is 30.7 Å². The molecule has 1 amide bonds. The minimum absolute atomic E-state index is 0.00305. The highest BCUT2D eigenvalue weighted by atomic mass is 35.5. The molecule has 2 heterocycles. The molecule has 3 aromatic rings. The fraction of sp³-hybridized carbons (Fsp3) is 0.333. The SMILES string of the molecule is CC(=O)NS(=O)(=O)c1ccc2c(c1)N(Cc1cnn(C)c1)CCCCc1cc(Cl)ccc1CO2. The Morgan fingerprint density at radius 2 is 2.00 bits per heavy atom. The van der Waals surface area contributed by atoms with Crippen LogP contribution < -0.4 is 14.4 Å². The number of amides is 1. The van der Waals surface area contributed by atoms with Gasteiger partial charge in [0.25, 0.3) is 10.0 Å². The maximum Gasteiger partial charge on any atom is 0.264 e. The van der Waals surface area contributed by atoms with Crippen LogP contribution in [0.2, 0.25) is 5.02 Å². The molecule has 10 heteroatoms. The summed E-state index contributed by atoms with van der Waals surface area (Å²) in [6, 6.07) is 10.5. The van der Waals surface area contributed by atoms with Crippen LogP contribution in [0.25, 0.3) is 0 Å². The number of nitrogens with one attached hydrogen (secondary N) is 1. The molecule has 0 atom stereocenters. The lowest BCUT2D eigenvalue weighted by Gasteiger charge is -2.27. The van der Waals surface area contributed by atoms with Crippen molar-refractivity contribution in [1.29, 1.82) is 0 Å². The lowest BCUT2D eigenvalue weighted by Crippen LogP contribution is -2.29. The molecule has 0 saturated heterocycles. The van der Waals surface area contributed by atoms with Gasteiger partial charge in [0.2, 0.25) is 5.91 Å². The highest BCUT2D eigenvalue weighted by Crippen LogP contribution is 2.34. The number of carbonyl (C=O) groups is 1. The zero-order valence-electron chi connectivity index (χ0n) is 19.1. The summed E-state index contributed by atoms with van der Waals surface area (Å²) in [5, 5.41) is 4.95. The van der Waals surface area contributed by atoms with E-state index in [4.69, 9.17) is 16.3 Å². The molecule has 0 aliphatic carbocycles. The average Bonchev–Trinajstić information content (AvgIpc) is 3.17. The molecule has 0 unspecified atom stereocenters. The van der Waals surface area contributed by atoms with Crippen molar-refractivity contribution in [3.8, 4) is 5.75 Å². The maximum atomic E-state index is 12.7. The number of aromatic nitrogens is 2. The van der Waals surface area contributed by atoms with E-state index in [9.17, 15) is 13.2 Å². The van der Waals surface area contributed by atoms with Crippen LogP contribution in [0.5, 0.6) is 5.75 Å². The molecule has 0 saturated carbocycles. The summed E-state index contributed by atoms with van der Waals surface area (Å²) >= 11 is 6.22. The van der Waals surface area contributed by atoms with Gasteiger partial charge in [-0.1, -0.05) is 17.7 Å². The number of fused-ring (bicyclic) bond motifs is 2. The van der Waals surface area contributed by atoms with Gasteiger partial charge in [0.1, 0.15) is 12.4 Å². The van der Waals surface area contributed by atoms with Crippen LogP contribution in [0.4, 0.5) is 5.69 Å². The van der Waals surface area contributed by atoms with Crippen molar-refractivity contribution in [2.45, 2.75) is 44.2 Å². The van der Waals surface area contributed by atoms with E-state index in [1.165, 1.54) is 13.0 Å². The van der Waals surface area contributed by atoms with E-state index in [1.807, 2.05) is 36.2 Å². The summed E-state index contributed by atoms with van der Waals surface area (Å²) < 4.78 is 35.4. The average molecular weight is 503 g/mol. The monoisotopic (exact) mass is 502 g/mol. The molecule has 2 aromatic carbocycles. The molecule has 8 nitrogen and oxygen atoms in total. The van der Waals surface area contributed by atoms with Crippen molar-refractivity contribution in [2.75, 3.05) is 11.4 Å². The molecule has 1 aliphatic heterocycles. The van der Waals surface area contributed by atoms with Gasteiger partial charge in [-0.3, -0.25) is 9.48 Å². The molecule has 1 aromatic heterocycles. The first-order chi connectivity index (χ1) is 16.2. The minimum Gasteiger partial charge on any atom is -0.487 e. The van der Waals surface area contributed by atoms with Crippen LogP contribution >= 0.6 is 11.6 Å². The molecule has 180 valence electrons. The van der Waals surface area contributed by atoms with Crippen molar-refractivity contribution >= 4 is 33.2 Å². The second-order valence-electron chi connectivity index (χ2n) is 8.39. The largest absolute Gasteiger partial charge is 0.487 e. The number of aryl methyl sites for hydroxylation is 2. The topological polar surface area (TPSA) is 93.5 Å². The summed E-state index contributed by atoms with van der Waals surface area (Å²) in [6.45, 7) is 2.72. The standard InChI is InChI=1S/C24H27ClN4O4S/c1-17(30)27-34(31,32)22-8-9-24-23(12-22)29(15-18-13-26-28(2)14-18)10-4-3-5-19-11-21(25)7-6-20(19)16-33-24/h6-9,11-14H,3-5,10,15-16H2,1-2H3,(H,27,30). The lowest BCUT2D eigenvalue weighted by atomic mass is 10.0. The van der Waals surface area contributed by atoms with Gasteiger partial charge >= 0.3 is 0 Å². The quantitative estimate of drug-likeness (QED) is 0.583. The summed E-state index contributed by atoms with van der Waals surface area (Å²) in [6.07, 6.45) is 6.42. The second kappa shape index (κ2) is 10.1. The van der Waals surface area contributed by atoms with Gasteiger partial charge in [-0.25, -0.2) is 13.1 Å². The summed E-state index contributed by atoms with van der Waals surface area (Å²) in [7, 11) is -2.14. The molecule has 1 aliphatic rings. The third-order valence-corrected chi connectivity index (χ3v) is 7.33. The first-order valence-electron chi connectivity index (χ1n) is 11.0. The Balaban J connectivity index is 1.75. The Labute approximate surface area is 204 Å². The van der Waals surface area contributed by atoms with E-state index in [0.717, 1.165) is 36.0 Å². The lowest BCUT2D eigenvalue weighted by molar-refractivity contribution is -0.117. The van der Waals surface area contributed by atoms with Crippen molar-refractivity contribution in [3.63, 3.8) is 0 Å². The smallest absolute Gasteiger partial charge is 0.264 e. The first-order valence-corrected chi connectivity index (χ1v) is 12.9. The van der Waals surface area contributed by atoms with Gasteiger partial charge in [-0.2, -0.15) is 5.10 Å². The van der Waals surface area contributed by atoms with Crippen LogP contribution in [0.3, 0.4) is 0 Å². The highest BCUT2D eigenvalue weighted by molar-refractivity contribution is 7.90. The number of ether oxygens (including phenoxy) is 1. The van der Waals surface area contributed by atoms with Crippen LogP contribution in [0, 0.1) is 0 Å². The van der Waals surface area contributed by atoms with E-state index in [-0.39, 0.29) is 4.90 Å². The Morgan fingerprint density at radius 1 is 1.18 bits per heavy atom. The zero-order chi connectivity index (χ0) is 24.3. The number of rotatable bonds is 4. The number of hydrogen-bond donors (Lipinski definition) is 1. The molecule has 34 heavy (non-hydrogen) atoms. The van der Waals surface area contributed by atoms with E-state index in [1.54, 1.807) is 23.0 Å². The summed E-state index contributed by atoms with van der Waals surface area (Å²) in [5.41, 5.74) is 3.84. The zero-order valence-corrected chi connectivity index (χ0v) is 20.7. The summed E-state index contributed by atoms with van der Waals surface area (Å²) in [5.74, 6) is -0.0799. The number of nitrogens with zero attached hydrogens (tertiary/aromatic N) is 3. The number of hydrogen-bond acceptors (Lipinski definition) is 6. The molecule has 0 radical (unpaired) electrons. The van der Waals surface area contributed by atoms with E-state index in [2.05, 4.69) is 10.00 Å². The molecule has 0 spiro atoms. The van der Waals surface area contributed by atoms with Gasteiger partial charge < -0.3 is 9.64 Å². The minimum atomic E-state index is -4.00. The number of halogens is 1. The normalized spacial score (nSPS) is 14.4. The molecular formula is C24H27ClN4O4S. The van der Waals surface area contributed by atoms with Crippen LogP contribution in [-0.2, 0) is 41.4 Å². The Morgan fingerprint density at radius 3 is 2.74 bits per heavy atom. The van der Waals surface area contributed by atoms with Gasteiger partial charge in [-0.05, 0) is 60.7 Å². The van der Waals surface area contributed by atoms with Crippen molar-refractivity contribution in [2.24, 2.45) is 7.05 Å². The van der Waals surface area contributed by atoms with Gasteiger partial charge in [0.05, 0.1) is 16.8 Å². The number of carbonyl (C=O) groups excluding carboxylic acids is 1. The fourth-order valence-electron chi connectivity index (χ4n) is 4.08. The third kappa shape index (κ3) is 5.71. The van der Waals surface area contributed by atoms with Crippen LogP contribution in [0.15, 0.2) is 53.7 Å². The first kappa shape index (κ1) is 24.1. The van der Waals surface area contributed by atoms with Crippen molar-refractivity contribution in [3.05, 3.63) is 70.5 Å². The van der Waals surface area contributed by atoms with E-state index in [0.29, 0.717) is 36.2 Å². The number of benzene rings is 2. The van der Waals surface area contributed by atoms with Crippen molar-refractivity contribution < 1.29 is 17.9 Å². The van der Waals surface area contributed by atoms with Crippen LogP contribution in [0.1, 0.15) is 36.5 Å². The predicted molar refractivity (Wildman–Crippen MR) is 130 cm³/mol. The molecule has 1 N–H and O–H groups in total. The molecule has 0 fully saturated rings. The van der Waals surface area contributed by atoms with E-state index >= 15 is 0 Å². The molecular weight excluding hydrogens is 476 g/mol. The fourth-order valence-corrected chi connectivity index (χ4v) is 5.29. The Kier molecular flexibility index (Phi) is 7.13. The Bertz CT molecular complexity index is 1310. The molecule has 4 rings (SSSR count). The second-order valence-corrected chi connectivity index (χ2v) is 10.5. The third-order valence-electron chi connectivity index (χ3n) is 5.67. The summed E-state index contributed by atoms with van der Waals surface area (Å²) in [4.78, 5) is 13.6. The number of sulfonamides is 1.